The van der Waals surface area contributed by atoms with Crippen molar-refractivity contribution in [1.82, 2.24) is 4.31 Å². The number of sulfonamides is 1. The molecule has 1 aromatic rings. The summed E-state index contributed by atoms with van der Waals surface area (Å²) in [5, 5.41) is 0. The summed E-state index contributed by atoms with van der Waals surface area (Å²) in [6, 6.07) is 7.10. The normalized spacial score (nSPS) is 19.0. The van der Waals surface area contributed by atoms with Gasteiger partial charge in [0.2, 0.25) is 10.0 Å². The Morgan fingerprint density at radius 3 is 2.57 bits per heavy atom. The molecular weight excluding hydrogens is 314 g/mol. The number of piperidine rings is 1. The summed E-state index contributed by atoms with van der Waals surface area (Å²) in [6.45, 7) is 7.82. The van der Waals surface area contributed by atoms with Gasteiger partial charge in [0.05, 0.1) is 24.2 Å². The van der Waals surface area contributed by atoms with E-state index in [1.165, 1.54) is 4.31 Å². The molecule has 0 aliphatic carbocycles. The molecule has 0 amide bonds. The van der Waals surface area contributed by atoms with Crippen molar-refractivity contribution in [2.75, 3.05) is 33.4 Å². The van der Waals surface area contributed by atoms with Crippen LogP contribution >= 0.6 is 0 Å². The lowest BCUT2D eigenvalue weighted by Crippen LogP contribution is -2.43. The Kier molecular flexibility index (Phi) is 8.76. The van der Waals surface area contributed by atoms with Gasteiger partial charge in [0.15, 0.2) is 0 Å². The second-order valence-electron chi connectivity index (χ2n) is 5.26. The third kappa shape index (κ3) is 5.57. The van der Waals surface area contributed by atoms with Gasteiger partial charge in [-0.2, -0.15) is 4.31 Å². The number of ether oxygens (including phenoxy) is 2. The van der Waals surface area contributed by atoms with E-state index >= 15 is 0 Å². The predicted molar refractivity (Wildman–Crippen MR) is 92.1 cm³/mol. The second kappa shape index (κ2) is 10.0. The fourth-order valence-electron chi connectivity index (χ4n) is 2.54. The van der Waals surface area contributed by atoms with Crippen molar-refractivity contribution >= 4 is 10.0 Å². The molecule has 1 heterocycles. The number of rotatable bonds is 6. The van der Waals surface area contributed by atoms with Crippen molar-refractivity contribution in [3.63, 3.8) is 0 Å². The van der Waals surface area contributed by atoms with E-state index in [2.05, 4.69) is 0 Å². The minimum atomic E-state index is -3.43. The van der Waals surface area contributed by atoms with Gasteiger partial charge < -0.3 is 9.47 Å². The molecule has 6 heteroatoms. The summed E-state index contributed by atoms with van der Waals surface area (Å²) in [7, 11) is -1.81. The number of aryl methyl sites for hydroxylation is 1. The molecule has 0 N–H and O–H groups in total. The fourth-order valence-corrected chi connectivity index (χ4v) is 4.28. The fraction of sp³-hybridized carbons (Fsp3) is 0.647. The van der Waals surface area contributed by atoms with Gasteiger partial charge >= 0.3 is 0 Å². The molecule has 1 aliphatic rings. The SMILES string of the molecule is CC.COCCOC1CCCN(S(=O)(=O)c2ccccc2C)C1. The average Bonchev–Trinajstić information content (AvgIpc) is 2.57. The number of hydrogen-bond acceptors (Lipinski definition) is 4. The third-order valence-corrected chi connectivity index (χ3v) is 5.72. The van der Waals surface area contributed by atoms with E-state index in [1.807, 2.05) is 32.9 Å². The van der Waals surface area contributed by atoms with Crippen molar-refractivity contribution in [3.05, 3.63) is 29.8 Å². The molecule has 1 fully saturated rings. The predicted octanol–water partition coefficient (Wildman–Crippen LogP) is 2.84. The second-order valence-corrected chi connectivity index (χ2v) is 7.16. The van der Waals surface area contributed by atoms with Gasteiger partial charge in [-0.05, 0) is 31.4 Å². The summed E-state index contributed by atoms with van der Waals surface area (Å²) in [5.74, 6) is 0. The van der Waals surface area contributed by atoms with Crippen LogP contribution in [0, 0.1) is 6.92 Å². The van der Waals surface area contributed by atoms with Crippen molar-refractivity contribution < 1.29 is 17.9 Å². The van der Waals surface area contributed by atoms with Crippen LogP contribution in [0.3, 0.4) is 0 Å². The molecule has 0 radical (unpaired) electrons. The maximum absolute atomic E-state index is 12.7. The molecule has 1 aliphatic heterocycles. The number of nitrogens with zero attached hydrogens (tertiary/aromatic N) is 1. The van der Waals surface area contributed by atoms with Crippen LogP contribution in [0.15, 0.2) is 29.2 Å². The van der Waals surface area contributed by atoms with Gasteiger partial charge in [0, 0.05) is 20.2 Å². The van der Waals surface area contributed by atoms with Crippen LogP contribution in [0.2, 0.25) is 0 Å². The molecule has 5 nitrogen and oxygen atoms in total. The molecule has 0 aromatic heterocycles. The maximum atomic E-state index is 12.7. The Labute approximate surface area is 140 Å². The standard InChI is InChI=1S/C15H23NO4S.C2H6/c1-13-6-3-4-8-15(13)21(17,18)16-9-5-7-14(12-16)20-11-10-19-2;1-2/h3-4,6,8,14H,5,7,9-12H2,1-2H3;1-2H3. The lowest BCUT2D eigenvalue weighted by atomic mass is 10.1. The number of benzene rings is 1. The zero-order chi connectivity index (χ0) is 17.3. The van der Waals surface area contributed by atoms with Crippen LogP contribution in [0.4, 0.5) is 0 Å². The van der Waals surface area contributed by atoms with Gasteiger partial charge in [0.1, 0.15) is 0 Å². The first kappa shape index (κ1) is 20.1. The van der Waals surface area contributed by atoms with Gasteiger partial charge in [-0.25, -0.2) is 8.42 Å². The van der Waals surface area contributed by atoms with E-state index in [-0.39, 0.29) is 6.10 Å². The molecule has 1 saturated heterocycles. The molecule has 23 heavy (non-hydrogen) atoms. The van der Waals surface area contributed by atoms with Gasteiger partial charge in [-0.15, -0.1) is 0 Å². The number of hydrogen-bond donors (Lipinski definition) is 0. The van der Waals surface area contributed by atoms with E-state index in [0.717, 1.165) is 18.4 Å². The monoisotopic (exact) mass is 343 g/mol. The van der Waals surface area contributed by atoms with E-state index in [1.54, 1.807) is 19.2 Å². The maximum Gasteiger partial charge on any atom is 0.243 e. The molecule has 1 unspecified atom stereocenters. The highest BCUT2D eigenvalue weighted by molar-refractivity contribution is 7.89. The van der Waals surface area contributed by atoms with Gasteiger partial charge in [-0.3, -0.25) is 0 Å². The van der Waals surface area contributed by atoms with Crippen molar-refractivity contribution in [2.45, 2.75) is 44.6 Å². The van der Waals surface area contributed by atoms with Crippen LogP contribution in [0.25, 0.3) is 0 Å². The van der Waals surface area contributed by atoms with Crippen molar-refractivity contribution in [3.8, 4) is 0 Å². The molecule has 1 aromatic carbocycles. The van der Waals surface area contributed by atoms with E-state index in [0.29, 0.717) is 31.2 Å². The van der Waals surface area contributed by atoms with E-state index in [4.69, 9.17) is 9.47 Å². The van der Waals surface area contributed by atoms with Crippen LogP contribution in [0.5, 0.6) is 0 Å². The lowest BCUT2D eigenvalue weighted by molar-refractivity contribution is -0.00652. The number of methoxy groups -OCH3 is 1. The molecule has 0 spiro atoms. The zero-order valence-electron chi connectivity index (χ0n) is 14.6. The summed E-state index contributed by atoms with van der Waals surface area (Å²) in [5.41, 5.74) is 0.778. The third-order valence-electron chi connectivity index (χ3n) is 3.69. The molecular formula is C17H29NO4S. The topological polar surface area (TPSA) is 55.8 Å². The van der Waals surface area contributed by atoms with Crippen molar-refractivity contribution in [2.24, 2.45) is 0 Å². The summed E-state index contributed by atoms with van der Waals surface area (Å²) in [4.78, 5) is 0.391. The van der Waals surface area contributed by atoms with Crippen molar-refractivity contribution in [1.29, 1.82) is 0 Å². The summed E-state index contributed by atoms with van der Waals surface area (Å²) < 4.78 is 37.6. The van der Waals surface area contributed by atoms with Crippen LogP contribution in [-0.4, -0.2) is 52.2 Å². The molecule has 132 valence electrons. The van der Waals surface area contributed by atoms with Crippen LogP contribution in [0.1, 0.15) is 32.3 Å². The largest absolute Gasteiger partial charge is 0.382 e. The van der Waals surface area contributed by atoms with Crippen LogP contribution < -0.4 is 0 Å². The Balaban J connectivity index is 0.00000127. The lowest BCUT2D eigenvalue weighted by Gasteiger charge is -2.32. The highest BCUT2D eigenvalue weighted by Crippen LogP contribution is 2.24. The minimum Gasteiger partial charge on any atom is -0.382 e. The highest BCUT2D eigenvalue weighted by atomic mass is 32.2. The molecule has 1 atom stereocenters. The minimum absolute atomic E-state index is 0.0484. The molecule has 0 bridgehead atoms. The smallest absolute Gasteiger partial charge is 0.243 e. The zero-order valence-corrected chi connectivity index (χ0v) is 15.4. The Hall–Kier alpha value is -0.950. The average molecular weight is 343 g/mol. The Morgan fingerprint density at radius 2 is 1.91 bits per heavy atom. The molecule has 2 rings (SSSR count). The summed E-state index contributed by atoms with van der Waals surface area (Å²) in [6.07, 6.45) is 1.67. The van der Waals surface area contributed by atoms with Crippen LogP contribution in [-0.2, 0) is 19.5 Å². The quantitative estimate of drug-likeness (QED) is 0.745. The Bertz CT molecular complexity index is 559. The highest BCUT2D eigenvalue weighted by Gasteiger charge is 2.31. The Morgan fingerprint density at radius 1 is 1.22 bits per heavy atom. The van der Waals surface area contributed by atoms with Gasteiger partial charge in [-0.1, -0.05) is 32.0 Å². The van der Waals surface area contributed by atoms with E-state index in [9.17, 15) is 8.42 Å². The summed E-state index contributed by atoms with van der Waals surface area (Å²) >= 11 is 0. The first-order valence-electron chi connectivity index (χ1n) is 8.22. The van der Waals surface area contributed by atoms with E-state index < -0.39 is 10.0 Å². The first-order chi connectivity index (χ1) is 11.1. The van der Waals surface area contributed by atoms with Gasteiger partial charge in [0.25, 0.3) is 0 Å². The molecule has 0 saturated carbocycles. The first-order valence-corrected chi connectivity index (χ1v) is 9.66.